The van der Waals surface area contributed by atoms with Gasteiger partial charge in [0.15, 0.2) is 6.19 Å². The summed E-state index contributed by atoms with van der Waals surface area (Å²) < 4.78 is 0. The largest absolute Gasteiger partial charge is 0.366 e. The Hall–Kier alpha value is -1.43. The van der Waals surface area contributed by atoms with Crippen molar-refractivity contribution >= 4 is 5.69 Å². The van der Waals surface area contributed by atoms with Crippen LogP contribution in [0.25, 0.3) is 0 Å². The van der Waals surface area contributed by atoms with Crippen LogP contribution in [0.4, 0.5) is 5.69 Å². The van der Waals surface area contributed by atoms with Crippen LogP contribution < -0.4 is 4.90 Å². The number of aromatic amines is 1. The molecule has 0 fully saturated rings. The van der Waals surface area contributed by atoms with Crippen LogP contribution in [0.1, 0.15) is 0 Å². The average Bonchev–Trinajstić information content (AvgIpc) is 2.37. The van der Waals surface area contributed by atoms with Gasteiger partial charge in [-0.25, -0.2) is 0 Å². The molecule has 0 aliphatic rings. The molecule has 3 heteroatoms. The molecule has 1 rings (SSSR count). The molecule has 0 aliphatic carbocycles. The molecule has 1 aromatic rings. The van der Waals surface area contributed by atoms with Crippen molar-refractivity contribution in [1.29, 1.82) is 5.26 Å². The molecule has 46 valence electrons. The van der Waals surface area contributed by atoms with Gasteiger partial charge in [0.1, 0.15) is 0 Å². The summed E-state index contributed by atoms with van der Waals surface area (Å²) in [6.45, 7) is 0. The van der Waals surface area contributed by atoms with Gasteiger partial charge in [0.2, 0.25) is 0 Å². The minimum atomic E-state index is 0.887. The minimum Gasteiger partial charge on any atom is -0.366 e. The fraction of sp³-hybridized carbons (Fsp3) is 0.167. The Labute approximate surface area is 53.5 Å². The highest BCUT2D eigenvalue weighted by atomic mass is 15.1. The van der Waals surface area contributed by atoms with E-state index in [0.29, 0.717) is 0 Å². The van der Waals surface area contributed by atoms with Gasteiger partial charge in [-0.3, -0.25) is 4.90 Å². The number of H-pyrrole nitrogens is 1. The second kappa shape index (κ2) is 2.23. The Morgan fingerprint density at radius 1 is 1.78 bits per heavy atom. The van der Waals surface area contributed by atoms with E-state index in [0.717, 1.165) is 5.69 Å². The second-order valence-corrected chi connectivity index (χ2v) is 1.73. The van der Waals surface area contributed by atoms with E-state index in [9.17, 15) is 0 Å². The number of hydrogen-bond acceptors (Lipinski definition) is 2. The highest BCUT2D eigenvalue weighted by molar-refractivity contribution is 5.46. The van der Waals surface area contributed by atoms with Crippen molar-refractivity contribution < 1.29 is 0 Å². The molecule has 1 heterocycles. The number of rotatable bonds is 1. The van der Waals surface area contributed by atoms with Crippen LogP contribution in [0.2, 0.25) is 0 Å². The predicted octanol–water partition coefficient (Wildman–Crippen LogP) is 0.932. The van der Waals surface area contributed by atoms with Gasteiger partial charge >= 0.3 is 0 Å². The highest BCUT2D eigenvalue weighted by Gasteiger charge is 1.94. The van der Waals surface area contributed by atoms with Crippen LogP contribution in [-0.4, -0.2) is 12.0 Å². The molecule has 3 nitrogen and oxygen atoms in total. The zero-order valence-corrected chi connectivity index (χ0v) is 5.13. The van der Waals surface area contributed by atoms with Crippen molar-refractivity contribution in [3.63, 3.8) is 0 Å². The van der Waals surface area contributed by atoms with Gasteiger partial charge in [-0.15, -0.1) is 0 Å². The summed E-state index contributed by atoms with van der Waals surface area (Å²) in [4.78, 5) is 4.33. The van der Waals surface area contributed by atoms with E-state index in [1.807, 2.05) is 12.3 Å². The molecule has 0 spiro atoms. The molecule has 0 saturated carbocycles. The van der Waals surface area contributed by atoms with Crippen molar-refractivity contribution in [2.75, 3.05) is 11.9 Å². The molecular formula is C6H7N3. The quantitative estimate of drug-likeness (QED) is 0.443. The molecule has 0 radical (unpaired) electrons. The fourth-order valence-corrected chi connectivity index (χ4v) is 0.581. The van der Waals surface area contributed by atoms with E-state index in [4.69, 9.17) is 5.26 Å². The summed E-state index contributed by atoms with van der Waals surface area (Å²) in [5, 5.41) is 8.37. The highest BCUT2D eigenvalue weighted by Crippen LogP contribution is 2.07. The standard InChI is InChI=1S/C6H7N3/c1-9(5-7)6-2-3-8-4-6/h2-4,8H,1H3. The van der Waals surface area contributed by atoms with Gasteiger partial charge in [0.25, 0.3) is 0 Å². The first-order valence-electron chi connectivity index (χ1n) is 2.61. The maximum atomic E-state index is 8.37. The third-order valence-electron chi connectivity index (χ3n) is 1.12. The number of aromatic nitrogens is 1. The number of nitriles is 1. The molecule has 0 aromatic carbocycles. The number of nitrogens with one attached hydrogen (secondary N) is 1. The van der Waals surface area contributed by atoms with Crippen LogP contribution >= 0.6 is 0 Å². The Morgan fingerprint density at radius 3 is 3.00 bits per heavy atom. The van der Waals surface area contributed by atoms with Gasteiger partial charge < -0.3 is 4.98 Å². The maximum Gasteiger partial charge on any atom is 0.184 e. The Morgan fingerprint density at radius 2 is 2.56 bits per heavy atom. The predicted molar refractivity (Wildman–Crippen MR) is 34.8 cm³/mol. The van der Waals surface area contributed by atoms with Crippen molar-refractivity contribution in [2.45, 2.75) is 0 Å². The van der Waals surface area contributed by atoms with Crippen molar-refractivity contribution in [3.8, 4) is 6.19 Å². The van der Waals surface area contributed by atoms with E-state index >= 15 is 0 Å². The molecule has 0 atom stereocenters. The molecule has 0 saturated heterocycles. The zero-order chi connectivity index (χ0) is 6.69. The molecule has 9 heavy (non-hydrogen) atoms. The van der Waals surface area contributed by atoms with Crippen molar-refractivity contribution in [2.24, 2.45) is 0 Å². The third kappa shape index (κ3) is 1.03. The van der Waals surface area contributed by atoms with Crippen LogP contribution in [0.15, 0.2) is 18.5 Å². The van der Waals surface area contributed by atoms with Crippen molar-refractivity contribution in [3.05, 3.63) is 18.5 Å². The summed E-state index contributed by atoms with van der Waals surface area (Å²) in [6.07, 6.45) is 5.53. The lowest BCUT2D eigenvalue weighted by molar-refractivity contribution is 1.21. The lowest BCUT2D eigenvalue weighted by Crippen LogP contribution is -2.06. The SMILES string of the molecule is CN(C#N)c1cc[nH]c1. The molecule has 0 unspecified atom stereocenters. The second-order valence-electron chi connectivity index (χ2n) is 1.73. The summed E-state index contributed by atoms with van der Waals surface area (Å²) >= 11 is 0. The van der Waals surface area contributed by atoms with E-state index in [2.05, 4.69) is 4.98 Å². The zero-order valence-electron chi connectivity index (χ0n) is 5.13. The van der Waals surface area contributed by atoms with E-state index in [-0.39, 0.29) is 0 Å². The van der Waals surface area contributed by atoms with Gasteiger partial charge in [-0.2, -0.15) is 5.26 Å². The third-order valence-corrected chi connectivity index (χ3v) is 1.12. The monoisotopic (exact) mass is 121 g/mol. The number of hydrogen-bond donors (Lipinski definition) is 1. The fourth-order valence-electron chi connectivity index (χ4n) is 0.581. The first-order chi connectivity index (χ1) is 4.34. The Balaban J connectivity index is 2.80. The van der Waals surface area contributed by atoms with E-state index in [1.165, 1.54) is 4.90 Å². The lowest BCUT2D eigenvalue weighted by Gasteiger charge is -2.02. The van der Waals surface area contributed by atoms with Gasteiger partial charge in [-0.05, 0) is 6.07 Å². The molecule has 0 bridgehead atoms. The molecular weight excluding hydrogens is 114 g/mol. The Kier molecular flexibility index (Phi) is 1.41. The summed E-state index contributed by atoms with van der Waals surface area (Å²) in [5.74, 6) is 0. The minimum absolute atomic E-state index is 0.887. The molecule has 1 aromatic heterocycles. The first kappa shape index (κ1) is 5.70. The molecule has 1 N–H and O–H groups in total. The smallest absolute Gasteiger partial charge is 0.184 e. The summed E-state index contributed by atoms with van der Waals surface area (Å²) in [6, 6.07) is 1.84. The average molecular weight is 121 g/mol. The Bertz CT molecular complexity index is 207. The van der Waals surface area contributed by atoms with Crippen LogP contribution in [0, 0.1) is 11.5 Å². The van der Waals surface area contributed by atoms with Crippen LogP contribution in [0.5, 0.6) is 0 Å². The van der Waals surface area contributed by atoms with Gasteiger partial charge in [-0.1, -0.05) is 0 Å². The van der Waals surface area contributed by atoms with Gasteiger partial charge in [0, 0.05) is 19.4 Å². The van der Waals surface area contributed by atoms with Crippen LogP contribution in [-0.2, 0) is 0 Å². The number of anilines is 1. The number of nitrogens with zero attached hydrogens (tertiary/aromatic N) is 2. The maximum absolute atomic E-state index is 8.37. The summed E-state index contributed by atoms with van der Waals surface area (Å²) in [5.41, 5.74) is 0.887. The molecule has 0 aliphatic heterocycles. The summed E-state index contributed by atoms with van der Waals surface area (Å²) in [7, 11) is 1.71. The normalized spacial score (nSPS) is 8.44. The topological polar surface area (TPSA) is 42.8 Å². The van der Waals surface area contributed by atoms with E-state index < -0.39 is 0 Å². The van der Waals surface area contributed by atoms with Gasteiger partial charge in [0.05, 0.1) is 5.69 Å². The van der Waals surface area contributed by atoms with Crippen LogP contribution in [0.3, 0.4) is 0 Å². The first-order valence-corrected chi connectivity index (χ1v) is 2.61. The van der Waals surface area contributed by atoms with Crippen molar-refractivity contribution in [1.82, 2.24) is 4.98 Å². The lowest BCUT2D eigenvalue weighted by atomic mass is 10.5. The van der Waals surface area contributed by atoms with E-state index in [1.54, 1.807) is 19.4 Å². The molecule has 0 amide bonds.